The third kappa shape index (κ3) is 30.4. The number of amides is 3. The standard InChI is InChI=1S/C32H59N7O10/c1-3-28(40)33-13-9-5-6-11-15-35-30(42)25-39(27-32(45)46)20-19-38(26-31(43)44)18-17-37(22-24-49-47)21-23-48-36-16-12-8-7-10-14-34-29(41)4-2/h3-4,36,47H,1-2,5-27H2,(H,33,40)(H,34,41)(H,35,42)(H,43,44)(H,45,46). The number of unbranched alkanes of at least 4 members (excludes halogenated alkanes) is 6. The van der Waals surface area contributed by atoms with E-state index < -0.39 is 11.9 Å². The smallest absolute Gasteiger partial charge is 0.317 e. The molecule has 0 radical (unpaired) electrons. The van der Waals surface area contributed by atoms with E-state index in [1.165, 1.54) is 17.1 Å². The summed E-state index contributed by atoms with van der Waals surface area (Å²) in [7, 11) is 0. The van der Waals surface area contributed by atoms with Crippen LogP contribution in [0.15, 0.2) is 25.3 Å². The summed E-state index contributed by atoms with van der Waals surface area (Å²) in [4.78, 5) is 72.6. The summed E-state index contributed by atoms with van der Waals surface area (Å²) in [5, 5.41) is 35.9. The molecule has 0 saturated heterocycles. The van der Waals surface area contributed by atoms with Crippen LogP contribution in [-0.2, 0) is 33.7 Å². The molecule has 0 bridgehead atoms. The average Bonchev–Trinajstić information content (AvgIpc) is 3.06. The topological polar surface area (TPSA) is 222 Å². The van der Waals surface area contributed by atoms with Gasteiger partial charge in [-0.05, 0) is 37.8 Å². The van der Waals surface area contributed by atoms with Crippen molar-refractivity contribution in [2.45, 2.75) is 51.4 Å². The minimum absolute atomic E-state index is 0.0507. The molecule has 7 N–H and O–H groups in total. The van der Waals surface area contributed by atoms with Gasteiger partial charge in [-0.15, -0.1) is 0 Å². The lowest BCUT2D eigenvalue weighted by molar-refractivity contribution is -0.244. The molecule has 0 rings (SSSR count). The molecule has 0 aliphatic heterocycles. The lowest BCUT2D eigenvalue weighted by Gasteiger charge is -2.28. The Hall–Kier alpha value is -3.45. The van der Waals surface area contributed by atoms with Crippen LogP contribution in [-0.4, -0.2) is 158 Å². The molecule has 17 heteroatoms. The maximum atomic E-state index is 12.5. The first-order valence-electron chi connectivity index (χ1n) is 16.9. The summed E-state index contributed by atoms with van der Waals surface area (Å²) in [5.74, 6) is -2.84. The van der Waals surface area contributed by atoms with Gasteiger partial charge in [0.2, 0.25) is 17.7 Å². The first-order valence-corrected chi connectivity index (χ1v) is 16.9. The van der Waals surface area contributed by atoms with Crippen LogP contribution in [0.3, 0.4) is 0 Å². The third-order valence-electron chi connectivity index (χ3n) is 7.26. The number of hydrogen-bond acceptors (Lipinski definition) is 12. The van der Waals surface area contributed by atoms with Gasteiger partial charge in [-0.2, -0.15) is 0 Å². The van der Waals surface area contributed by atoms with E-state index in [1.54, 1.807) is 4.90 Å². The number of carboxylic acid groups (broad SMARTS) is 2. The van der Waals surface area contributed by atoms with Crippen molar-refractivity contribution in [2.24, 2.45) is 0 Å². The molecular formula is C32H59N7O10. The second-order valence-electron chi connectivity index (χ2n) is 11.4. The zero-order valence-electron chi connectivity index (χ0n) is 28.9. The number of aliphatic carboxylic acids is 2. The van der Waals surface area contributed by atoms with Crippen molar-refractivity contribution in [3.05, 3.63) is 25.3 Å². The zero-order chi connectivity index (χ0) is 36.5. The monoisotopic (exact) mass is 701 g/mol. The fraction of sp³-hybridized carbons (Fsp3) is 0.719. The molecule has 0 aliphatic carbocycles. The zero-order valence-corrected chi connectivity index (χ0v) is 28.9. The average molecular weight is 702 g/mol. The number of nitrogens with zero attached hydrogens (tertiary/aromatic N) is 3. The predicted octanol–water partition coefficient (Wildman–Crippen LogP) is -0.0862. The van der Waals surface area contributed by atoms with E-state index in [1.807, 2.05) is 4.90 Å². The Labute approximate surface area is 289 Å². The summed E-state index contributed by atoms with van der Waals surface area (Å²) < 4.78 is 0. The van der Waals surface area contributed by atoms with Crippen molar-refractivity contribution in [3.63, 3.8) is 0 Å². The SMILES string of the molecule is C=CC(=O)NCCCCCCNOCCN(CCOO)CCN(CCN(CC(=O)O)CC(=O)NCCCCCCNC(=O)C=C)CC(=O)O. The fourth-order valence-corrected chi connectivity index (χ4v) is 4.59. The second-order valence-corrected chi connectivity index (χ2v) is 11.4. The first kappa shape index (κ1) is 45.6. The Morgan fingerprint density at radius 3 is 1.51 bits per heavy atom. The van der Waals surface area contributed by atoms with Gasteiger partial charge in [0, 0.05) is 65.4 Å². The highest BCUT2D eigenvalue weighted by molar-refractivity contribution is 5.87. The Bertz CT molecular complexity index is 957. The van der Waals surface area contributed by atoms with E-state index in [4.69, 9.17) is 10.1 Å². The summed E-state index contributed by atoms with van der Waals surface area (Å²) in [5.41, 5.74) is 2.92. The number of carbonyl (C=O) groups excluding carboxylic acids is 3. The van der Waals surface area contributed by atoms with Gasteiger partial charge in [-0.1, -0.05) is 38.8 Å². The predicted molar refractivity (Wildman–Crippen MR) is 183 cm³/mol. The Kier molecular flexibility index (Phi) is 29.6. The summed E-state index contributed by atoms with van der Waals surface area (Å²) in [6.45, 7) is 10.7. The van der Waals surface area contributed by atoms with Crippen molar-refractivity contribution in [3.8, 4) is 0 Å². The number of carboxylic acids is 2. The van der Waals surface area contributed by atoms with Crippen molar-refractivity contribution in [1.82, 2.24) is 36.1 Å². The van der Waals surface area contributed by atoms with Gasteiger partial charge in [0.25, 0.3) is 0 Å². The van der Waals surface area contributed by atoms with E-state index in [2.05, 4.69) is 39.5 Å². The van der Waals surface area contributed by atoms with Crippen LogP contribution >= 0.6 is 0 Å². The minimum atomic E-state index is -1.10. The first-order chi connectivity index (χ1) is 23.6. The summed E-state index contributed by atoms with van der Waals surface area (Å²) in [6.07, 6.45) is 9.52. The Balaban J connectivity index is 4.57. The number of hydrogen-bond donors (Lipinski definition) is 7. The van der Waals surface area contributed by atoms with Crippen molar-refractivity contribution in [1.29, 1.82) is 0 Å². The highest BCUT2D eigenvalue weighted by Crippen LogP contribution is 2.00. The molecular weight excluding hydrogens is 642 g/mol. The molecule has 0 atom stereocenters. The third-order valence-corrected chi connectivity index (χ3v) is 7.26. The molecule has 282 valence electrons. The highest BCUT2D eigenvalue weighted by Gasteiger charge is 2.18. The largest absolute Gasteiger partial charge is 0.480 e. The highest BCUT2D eigenvalue weighted by atomic mass is 17.1. The molecule has 0 spiro atoms. The van der Waals surface area contributed by atoms with Crippen molar-refractivity contribution >= 4 is 29.7 Å². The molecule has 0 aromatic carbocycles. The molecule has 0 unspecified atom stereocenters. The Morgan fingerprint density at radius 2 is 1.00 bits per heavy atom. The van der Waals surface area contributed by atoms with Crippen LogP contribution < -0.4 is 21.4 Å². The number of nitrogens with one attached hydrogen (secondary N) is 4. The van der Waals surface area contributed by atoms with Crippen LogP contribution in [0.5, 0.6) is 0 Å². The van der Waals surface area contributed by atoms with Gasteiger partial charge in [-0.3, -0.25) is 43.9 Å². The normalized spacial score (nSPS) is 11.1. The lowest BCUT2D eigenvalue weighted by atomic mass is 10.2. The van der Waals surface area contributed by atoms with E-state index in [9.17, 15) is 34.2 Å². The molecule has 0 fully saturated rings. The van der Waals surface area contributed by atoms with E-state index in [0.717, 1.165) is 51.4 Å². The Morgan fingerprint density at radius 1 is 0.551 bits per heavy atom. The molecule has 3 amide bonds. The van der Waals surface area contributed by atoms with Crippen LogP contribution in [0.1, 0.15) is 51.4 Å². The van der Waals surface area contributed by atoms with Gasteiger partial charge >= 0.3 is 11.9 Å². The number of rotatable bonds is 35. The van der Waals surface area contributed by atoms with E-state index in [0.29, 0.717) is 59.0 Å². The second kappa shape index (κ2) is 31.8. The molecule has 0 aromatic heterocycles. The van der Waals surface area contributed by atoms with Gasteiger partial charge < -0.3 is 31.0 Å². The minimum Gasteiger partial charge on any atom is -0.480 e. The van der Waals surface area contributed by atoms with Crippen molar-refractivity contribution in [2.75, 3.05) is 98.3 Å². The summed E-state index contributed by atoms with van der Waals surface area (Å²) >= 11 is 0. The maximum absolute atomic E-state index is 12.5. The fourth-order valence-electron chi connectivity index (χ4n) is 4.59. The van der Waals surface area contributed by atoms with E-state index >= 15 is 0 Å². The molecule has 0 aromatic rings. The van der Waals surface area contributed by atoms with E-state index in [-0.39, 0.29) is 57.1 Å². The van der Waals surface area contributed by atoms with Gasteiger partial charge in [0.05, 0.1) is 32.8 Å². The van der Waals surface area contributed by atoms with Crippen LogP contribution in [0.2, 0.25) is 0 Å². The lowest BCUT2D eigenvalue weighted by Crippen LogP contribution is -2.46. The van der Waals surface area contributed by atoms with Crippen molar-refractivity contribution < 1.29 is 49.2 Å². The van der Waals surface area contributed by atoms with Crippen LogP contribution in [0.25, 0.3) is 0 Å². The number of carbonyl (C=O) groups is 5. The van der Waals surface area contributed by atoms with Gasteiger partial charge in [0.1, 0.15) is 0 Å². The van der Waals surface area contributed by atoms with Gasteiger partial charge in [-0.25, -0.2) is 10.4 Å². The molecule has 49 heavy (non-hydrogen) atoms. The molecule has 0 heterocycles. The van der Waals surface area contributed by atoms with Gasteiger partial charge in [0.15, 0.2) is 0 Å². The summed E-state index contributed by atoms with van der Waals surface area (Å²) in [6, 6.07) is 0. The quantitative estimate of drug-likeness (QED) is 0.0199. The molecule has 0 saturated carbocycles. The molecule has 0 aliphatic rings. The molecule has 17 nitrogen and oxygen atoms in total. The maximum Gasteiger partial charge on any atom is 0.317 e. The van der Waals surface area contributed by atoms with Crippen LogP contribution in [0, 0.1) is 0 Å². The van der Waals surface area contributed by atoms with Crippen LogP contribution in [0.4, 0.5) is 0 Å². The number of hydroxylamine groups is 1.